The molecule has 2 aromatic heterocycles. The van der Waals surface area contributed by atoms with Crippen LogP contribution in [0.15, 0.2) is 103 Å². The van der Waals surface area contributed by atoms with Crippen LogP contribution in [0.5, 0.6) is 11.5 Å². The van der Waals surface area contributed by atoms with E-state index in [2.05, 4.69) is 26.6 Å². The first kappa shape index (κ1) is 21.6. The van der Waals surface area contributed by atoms with Crippen molar-refractivity contribution in [2.24, 2.45) is 0 Å². The predicted molar refractivity (Wildman–Crippen MR) is 146 cm³/mol. The number of rotatable bonds is 5. The molecular weight excluding hydrogens is 446 g/mol. The van der Waals surface area contributed by atoms with Crippen molar-refractivity contribution in [3.8, 4) is 22.8 Å². The second kappa shape index (κ2) is 9.00. The van der Waals surface area contributed by atoms with Crippen molar-refractivity contribution in [2.75, 3.05) is 11.1 Å². The van der Waals surface area contributed by atoms with E-state index in [9.17, 15) is 0 Å². The van der Waals surface area contributed by atoms with Crippen LogP contribution in [0.4, 0.5) is 17.2 Å². The summed E-state index contributed by atoms with van der Waals surface area (Å²) in [6.45, 7) is 1.99. The first-order valence-corrected chi connectivity index (χ1v) is 11.7. The Hall–Kier alpha value is -4.97. The van der Waals surface area contributed by atoms with Crippen molar-refractivity contribution >= 4 is 38.9 Å². The zero-order chi connectivity index (χ0) is 24.5. The summed E-state index contributed by atoms with van der Waals surface area (Å²) in [5.74, 6) is 2.19. The summed E-state index contributed by atoms with van der Waals surface area (Å²) >= 11 is 0. The molecule has 0 unspecified atom stereocenters. The van der Waals surface area contributed by atoms with Crippen LogP contribution in [-0.4, -0.2) is 15.2 Å². The van der Waals surface area contributed by atoms with E-state index in [-0.39, 0.29) is 0 Å². The molecule has 0 radical (unpaired) electrons. The standard InChI is InChI=1S/C30H23N5O/c1-19-10-11-20(18-26(19)31)29-23-6-2-3-7-24(23)30(35-34-29)33-21-12-14-22(15-13-21)36-28-16-17-32-27-9-5-4-8-25(27)28/h2-18H,31H2,1H3,(H,33,35). The van der Waals surface area contributed by atoms with Crippen molar-refractivity contribution in [3.63, 3.8) is 0 Å². The van der Waals surface area contributed by atoms with Gasteiger partial charge in [-0.2, -0.15) is 0 Å². The highest BCUT2D eigenvalue weighted by Gasteiger charge is 2.12. The topological polar surface area (TPSA) is 86.0 Å². The van der Waals surface area contributed by atoms with Gasteiger partial charge in [0.2, 0.25) is 0 Å². The van der Waals surface area contributed by atoms with Crippen LogP contribution in [0.1, 0.15) is 5.56 Å². The van der Waals surface area contributed by atoms with Crippen molar-refractivity contribution in [1.29, 1.82) is 0 Å². The highest BCUT2D eigenvalue weighted by Crippen LogP contribution is 2.33. The van der Waals surface area contributed by atoms with Crippen LogP contribution in [0.3, 0.4) is 0 Å². The third-order valence-electron chi connectivity index (χ3n) is 6.19. The molecule has 0 amide bonds. The number of nitrogens with two attached hydrogens (primary N) is 1. The van der Waals surface area contributed by atoms with E-state index in [1.165, 1.54) is 0 Å². The van der Waals surface area contributed by atoms with Gasteiger partial charge in [0.05, 0.1) is 5.52 Å². The Morgan fingerprint density at radius 1 is 0.750 bits per heavy atom. The number of hydrogen-bond donors (Lipinski definition) is 2. The first-order chi connectivity index (χ1) is 17.7. The molecule has 0 saturated carbocycles. The minimum atomic E-state index is 0.684. The van der Waals surface area contributed by atoms with Gasteiger partial charge in [0.15, 0.2) is 5.82 Å². The quantitative estimate of drug-likeness (QED) is 0.258. The van der Waals surface area contributed by atoms with Crippen molar-refractivity contribution in [1.82, 2.24) is 15.2 Å². The number of para-hydroxylation sites is 1. The lowest BCUT2D eigenvalue weighted by Crippen LogP contribution is -2.00. The van der Waals surface area contributed by atoms with Gasteiger partial charge in [0.1, 0.15) is 17.2 Å². The summed E-state index contributed by atoms with van der Waals surface area (Å²) in [5.41, 5.74) is 11.5. The van der Waals surface area contributed by atoms with Crippen LogP contribution in [0, 0.1) is 6.92 Å². The molecular formula is C30H23N5O. The van der Waals surface area contributed by atoms with E-state index in [0.29, 0.717) is 5.82 Å². The lowest BCUT2D eigenvalue weighted by molar-refractivity contribution is 0.488. The Morgan fingerprint density at radius 2 is 1.50 bits per heavy atom. The third-order valence-corrected chi connectivity index (χ3v) is 6.19. The lowest BCUT2D eigenvalue weighted by atomic mass is 10.0. The number of nitrogens with zero attached hydrogens (tertiary/aromatic N) is 3. The molecule has 0 saturated heterocycles. The molecule has 2 heterocycles. The van der Waals surface area contributed by atoms with Gasteiger partial charge in [-0.25, -0.2) is 0 Å². The molecule has 3 N–H and O–H groups in total. The van der Waals surface area contributed by atoms with Crippen LogP contribution < -0.4 is 15.8 Å². The van der Waals surface area contributed by atoms with Gasteiger partial charge in [-0.15, -0.1) is 10.2 Å². The van der Waals surface area contributed by atoms with E-state index >= 15 is 0 Å². The molecule has 0 spiro atoms. The fourth-order valence-electron chi connectivity index (χ4n) is 4.23. The molecule has 6 aromatic rings. The summed E-state index contributed by atoms with van der Waals surface area (Å²) in [6.07, 6.45) is 1.76. The monoisotopic (exact) mass is 469 g/mol. The fourth-order valence-corrected chi connectivity index (χ4v) is 4.23. The summed E-state index contributed by atoms with van der Waals surface area (Å²) in [7, 11) is 0. The van der Waals surface area contributed by atoms with Crippen molar-refractivity contribution < 1.29 is 4.74 Å². The SMILES string of the molecule is Cc1ccc(-c2nnc(Nc3ccc(Oc4ccnc5ccccc45)cc3)c3ccccc23)cc1N. The Morgan fingerprint density at radius 3 is 2.31 bits per heavy atom. The van der Waals surface area contributed by atoms with Gasteiger partial charge in [-0.1, -0.05) is 48.5 Å². The van der Waals surface area contributed by atoms with Crippen LogP contribution in [-0.2, 0) is 0 Å². The molecule has 0 aliphatic carbocycles. The number of aryl methyl sites for hydroxylation is 1. The predicted octanol–water partition coefficient (Wildman–Crippen LogP) is 7.27. The van der Waals surface area contributed by atoms with E-state index in [1.54, 1.807) is 6.20 Å². The Kier molecular flexibility index (Phi) is 5.39. The summed E-state index contributed by atoms with van der Waals surface area (Å²) in [6, 6.07) is 31.7. The minimum Gasteiger partial charge on any atom is -0.457 e. The zero-order valence-corrected chi connectivity index (χ0v) is 19.6. The summed E-state index contributed by atoms with van der Waals surface area (Å²) in [5, 5.41) is 15.4. The summed E-state index contributed by atoms with van der Waals surface area (Å²) in [4.78, 5) is 4.39. The van der Waals surface area contributed by atoms with Crippen LogP contribution >= 0.6 is 0 Å². The molecule has 0 bridgehead atoms. The van der Waals surface area contributed by atoms with E-state index in [0.717, 1.165) is 61.4 Å². The van der Waals surface area contributed by atoms with E-state index < -0.39 is 0 Å². The van der Waals surface area contributed by atoms with Crippen LogP contribution in [0.25, 0.3) is 32.9 Å². The number of pyridine rings is 1. The normalized spacial score (nSPS) is 11.0. The maximum absolute atomic E-state index is 6.15. The first-order valence-electron chi connectivity index (χ1n) is 11.7. The molecule has 174 valence electrons. The molecule has 0 atom stereocenters. The average Bonchev–Trinajstić information content (AvgIpc) is 2.92. The number of nitrogens with one attached hydrogen (secondary N) is 1. The molecule has 0 aliphatic heterocycles. The average molecular weight is 470 g/mol. The smallest absolute Gasteiger partial charge is 0.161 e. The van der Waals surface area contributed by atoms with Gasteiger partial charge in [-0.3, -0.25) is 4.98 Å². The highest BCUT2D eigenvalue weighted by atomic mass is 16.5. The van der Waals surface area contributed by atoms with E-state index in [4.69, 9.17) is 10.5 Å². The Balaban J connectivity index is 1.28. The maximum Gasteiger partial charge on any atom is 0.161 e. The number of hydrogen-bond acceptors (Lipinski definition) is 6. The van der Waals surface area contributed by atoms with Gasteiger partial charge in [-0.05, 0) is 61.0 Å². The highest BCUT2D eigenvalue weighted by molar-refractivity contribution is 6.01. The number of fused-ring (bicyclic) bond motifs is 2. The lowest BCUT2D eigenvalue weighted by Gasteiger charge is -2.13. The van der Waals surface area contributed by atoms with Crippen molar-refractivity contribution in [2.45, 2.75) is 6.92 Å². The molecule has 36 heavy (non-hydrogen) atoms. The molecule has 0 fully saturated rings. The molecule has 6 rings (SSSR count). The molecule has 6 heteroatoms. The van der Waals surface area contributed by atoms with Gasteiger partial charge in [0.25, 0.3) is 0 Å². The minimum absolute atomic E-state index is 0.684. The zero-order valence-electron chi connectivity index (χ0n) is 19.6. The maximum atomic E-state index is 6.15. The van der Waals surface area contributed by atoms with Gasteiger partial charge < -0.3 is 15.8 Å². The summed E-state index contributed by atoms with van der Waals surface area (Å²) < 4.78 is 6.14. The fraction of sp³-hybridized carbons (Fsp3) is 0.0333. The molecule has 0 aliphatic rings. The Labute approximate surface area is 208 Å². The number of ether oxygens (including phenoxy) is 1. The molecule has 6 nitrogen and oxygen atoms in total. The number of benzene rings is 4. The van der Waals surface area contributed by atoms with E-state index in [1.807, 2.05) is 97.9 Å². The van der Waals surface area contributed by atoms with Crippen LogP contribution in [0.2, 0.25) is 0 Å². The Bertz CT molecular complexity index is 1710. The number of aromatic nitrogens is 3. The second-order valence-corrected chi connectivity index (χ2v) is 8.59. The third kappa shape index (κ3) is 4.05. The van der Waals surface area contributed by atoms with Gasteiger partial charge in [0, 0.05) is 39.3 Å². The largest absolute Gasteiger partial charge is 0.457 e. The number of anilines is 3. The second-order valence-electron chi connectivity index (χ2n) is 8.59. The number of nitrogen functional groups attached to an aromatic ring is 1. The van der Waals surface area contributed by atoms with Gasteiger partial charge >= 0.3 is 0 Å². The molecule has 4 aromatic carbocycles. The van der Waals surface area contributed by atoms with Crippen molar-refractivity contribution in [3.05, 3.63) is 109 Å².